The molecule has 1 aromatic heterocycles. The van der Waals surface area contributed by atoms with Crippen molar-refractivity contribution < 1.29 is 14.0 Å². The molecule has 0 unspecified atom stereocenters. The highest BCUT2D eigenvalue weighted by Gasteiger charge is 2.29. The largest absolute Gasteiger partial charge is 0.332 e. The van der Waals surface area contributed by atoms with E-state index in [2.05, 4.69) is 10.6 Å². The molecule has 0 aliphatic heterocycles. The van der Waals surface area contributed by atoms with Gasteiger partial charge in [0.15, 0.2) is 0 Å². The molecule has 1 fully saturated rings. The molecule has 1 aliphatic carbocycles. The summed E-state index contributed by atoms with van der Waals surface area (Å²) < 4.78 is 16.2. The average Bonchev–Trinajstić information content (AvgIpc) is 3.59. The summed E-state index contributed by atoms with van der Waals surface area (Å²) in [6.07, 6.45) is 1.85. The highest BCUT2D eigenvalue weighted by molar-refractivity contribution is 6.07. The van der Waals surface area contributed by atoms with Gasteiger partial charge >= 0.3 is 0 Å². The summed E-state index contributed by atoms with van der Waals surface area (Å²) >= 11 is 0. The molecule has 32 heavy (non-hydrogen) atoms. The predicted octanol–water partition coefficient (Wildman–Crippen LogP) is 5.43. The molecule has 160 valence electrons. The zero-order valence-corrected chi connectivity index (χ0v) is 17.3. The van der Waals surface area contributed by atoms with Crippen molar-refractivity contribution in [1.82, 2.24) is 4.57 Å². The summed E-state index contributed by atoms with van der Waals surface area (Å²) in [6.45, 7) is 0.210. The van der Waals surface area contributed by atoms with Crippen molar-refractivity contribution in [1.29, 1.82) is 0 Å². The Bertz CT molecular complexity index is 1310. The fourth-order valence-electron chi connectivity index (χ4n) is 3.81. The first-order valence-electron chi connectivity index (χ1n) is 10.6. The summed E-state index contributed by atoms with van der Waals surface area (Å²) in [5.41, 5.74) is 3.06. The molecule has 1 saturated carbocycles. The van der Waals surface area contributed by atoms with Crippen LogP contribution in [0.25, 0.3) is 10.9 Å². The lowest BCUT2D eigenvalue weighted by atomic mass is 10.2. The van der Waals surface area contributed by atoms with Crippen molar-refractivity contribution in [2.75, 3.05) is 10.6 Å². The zero-order chi connectivity index (χ0) is 22.1. The molecule has 2 N–H and O–H groups in total. The summed E-state index contributed by atoms with van der Waals surface area (Å²) in [6, 6.07) is 23.1. The number of nitrogens with one attached hydrogen (secondary N) is 2. The molecule has 0 radical (unpaired) electrons. The Morgan fingerprint density at radius 3 is 2.38 bits per heavy atom. The second kappa shape index (κ2) is 8.30. The van der Waals surface area contributed by atoms with Crippen LogP contribution in [0.15, 0.2) is 78.9 Å². The standard InChI is InChI=1S/C26H22FN3O2/c27-22-9-5-4-6-18(22)16-30-23-13-12-21(29-25(31)17-10-11-17)14-19(23)15-24(30)26(32)28-20-7-2-1-3-8-20/h1-9,12-15,17H,10-11,16H2,(H,28,32)(H,29,31). The van der Waals surface area contributed by atoms with Gasteiger partial charge in [-0.05, 0) is 55.3 Å². The molecule has 4 aromatic rings. The van der Waals surface area contributed by atoms with E-state index in [9.17, 15) is 14.0 Å². The number of carbonyl (C=O) groups is 2. The van der Waals surface area contributed by atoms with Gasteiger partial charge < -0.3 is 15.2 Å². The minimum Gasteiger partial charge on any atom is -0.332 e. The SMILES string of the molecule is O=C(Nc1ccccc1)c1cc2cc(NC(=O)C3CC3)ccc2n1Cc1ccccc1F. The molecular formula is C26H22FN3O2. The number of fused-ring (bicyclic) bond motifs is 1. The highest BCUT2D eigenvalue weighted by Crippen LogP contribution is 2.31. The van der Waals surface area contributed by atoms with E-state index in [1.807, 2.05) is 48.5 Å². The van der Waals surface area contributed by atoms with Crippen molar-refractivity contribution in [2.45, 2.75) is 19.4 Å². The van der Waals surface area contributed by atoms with E-state index < -0.39 is 0 Å². The van der Waals surface area contributed by atoms with Crippen LogP contribution in [0.4, 0.5) is 15.8 Å². The van der Waals surface area contributed by atoms with Gasteiger partial charge in [-0.25, -0.2) is 4.39 Å². The topological polar surface area (TPSA) is 63.1 Å². The van der Waals surface area contributed by atoms with Crippen LogP contribution in [-0.2, 0) is 11.3 Å². The zero-order valence-electron chi connectivity index (χ0n) is 17.3. The number of amides is 2. The summed E-state index contributed by atoms with van der Waals surface area (Å²) in [7, 11) is 0. The molecule has 6 heteroatoms. The van der Waals surface area contributed by atoms with E-state index in [1.54, 1.807) is 28.8 Å². The molecular weight excluding hydrogens is 405 g/mol. The molecule has 5 rings (SSSR count). The van der Waals surface area contributed by atoms with E-state index >= 15 is 0 Å². The first kappa shape index (κ1) is 20.0. The Morgan fingerprint density at radius 1 is 0.875 bits per heavy atom. The van der Waals surface area contributed by atoms with Crippen molar-refractivity contribution in [3.05, 3.63) is 95.9 Å². The maximum Gasteiger partial charge on any atom is 0.272 e. The molecule has 0 atom stereocenters. The second-order valence-corrected chi connectivity index (χ2v) is 8.06. The third-order valence-electron chi connectivity index (χ3n) is 5.67. The van der Waals surface area contributed by atoms with Crippen molar-refractivity contribution in [3.63, 3.8) is 0 Å². The minimum atomic E-state index is -0.322. The number of hydrogen-bond acceptors (Lipinski definition) is 2. The molecule has 0 spiro atoms. The van der Waals surface area contributed by atoms with Crippen molar-refractivity contribution >= 4 is 34.1 Å². The van der Waals surface area contributed by atoms with Gasteiger partial charge in [0.05, 0.1) is 6.54 Å². The number of carbonyl (C=O) groups excluding carboxylic acids is 2. The van der Waals surface area contributed by atoms with Gasteiger partial charge in [-0.1, -0.05) is 36.4 Å². The van der Waals surface area contributed by atoms with Crippen LogP contribution in [0.3, 0.4) is 0 Å². The van der Waals surface area contributed by atoms with Crippen LogP contribution < -0.4 is 10.6 Å². The third-order valence-corrected chi connectivity index (χ3v) is 5.67. The van der Waals surface area contributed by atoms with Crippen LogP contribution >= 0.6 is 0 Å². The van der Waals surface area contributed by atoms with Gasteiger partial charge in [0, 0.05) is 33.8 Å². The van der Waals surface area contributed by atoms with Gasteiger partial charge in [0.2, 0.25) is 5.91 Å². The molecule has 2 amide bonds. The molecule has 1 aliphatic rings. The van der Waals surface area contributed by atoms with Gasteiger partial charge in [-0.2, -0.15) is 0 Å². The van der Waals surface area contributed by atoms with Crippen LogP contribution in [0.2, 0.25) is 0 Å². The minimum absolute atomic E-state index is 0.0252. The lowest BCUT2D eigenvalue weighted by molar-refractivity contribution is -0.117. The lowest BCUT2D eigenvalue weighted by Crippen LogP contribution is -2.17. The Labute approximate surface area is 184 Å². The lowest BCUT2D eigenvalue weighted by Gasteiger charge is -2.12. The fraction of sp³-hybridized carbons (Fsp3) is 0.154. The Balaban J connectivity index is 1.53. The molecule has 1 heterocycles. The molecule has 0 saturated heterocycles. The van der Waals surface area contributed by atoms with E-state index in [0.717, 1.165) is 23.7 Å². The molecule has 0 bridgehead atoms. The Hall–Kier alpha value is -3.93. The average molecular weight is 427 g/mol. The normalized spacial score (nSPS) is 13.2. The van der Waals surface area contributed by atoms with E-state index in [0.29, 0.717) is 22.6 Å². The van der Waals surface area contributed by atoms with E-state index in [4.69, 9.17) is 0 Å². The van der Waals surface area contributed by atoms with Crippen LogP contribution in [0.5, 0.6) is 0 Å². The maximum atomic E-state index is 14.4. The van der Waals surface area contributed by atoms with Gasteiger partial charge in [-0.3, -0.25) is 9.59 Å². The van der Waals surface area contributed by atoms with Crippen molar-refractivity contribution in [3.8, 4) is 0 Å². The Morgan fingerprint density at radius 2 is 1.62 bits per heavy atom. The van der Waals surface area contributed by atoms with Crippen LogP contribution in [0.1, 0.15) is 28.9 Å². The highest BCUT2D eigenvalue weighted by atomic mass is 19.1. The van der Waals surface area contributed by atoms with Gasteiger partial charge in [0.1, 0.15) is 11.5 Å². The van der Waals surface area contributed by atoms with Gasteiger partial charge in [-0.15, -0.1) is 0 Å². The number of benzene rings is 3. The first-order chi connectivity index (χ1) is 15.6. The van der Waals surface area contributed by atoms with E-state index in [-0.39, 0.29) is 30.1 Å². The van der Waals surface area contributed by atoms with E-state index in [1.165, 1.54) is 6.07 Å². The smallest absolute Gasteiger partial charge is 0.272 e. The third kappa shape index (κ3) is 4.12. The second-order valence-electron chi connectivity index (χ2n) is 8.06. The molecule has 3 aromatic carbocycles. The fourth-order valence-corrected chi connectivity index (χ4v) is 3.81. The number of nitrogens with zero attached hydrogens (tertiary/aromatic N) is 1. The number of anilines is 2. The number of rotatable bonds is 6. The predicted molar refractivity (Wildman–Crippen MR) is 123 cm³/mol. The monoisotopic (exact) mass is 427 g/mol. The number of aromatic nitrogens is 1. The number of halogens is 1. The molecule has 5 nitrogen and oxygen atoms in total. The number of para-hydroxylation sites is 1. The first-order valence-corrected chi connectivity index (χ1v) is 10.6. The van der Waals surface area contributed by atoms with Gasteiger partial charge in [0.25, 0.3) is 5.91 Å². The summed E-state index contributed by atoms with van der Waals surface area (Å²) in [5.74, 6) is -0.481. The van der Waals surface area contributed by atoms with Crippen LogP contribution in [0, 0.1) is 11.7 Å². The maximum absolute atomic E-state index is 14.4. The number of hydrogen-bond donors (Lipinski definition) is 2. The van der Waals surface area contributed by atoms with Crippen LogP contribution in [-0.4, -0.2) is 16.4 Å². The summed E-state index contributed by atoms with van der Waals surface area (Å²) in [4.78, 5) is 25.3. The Kier molecular flexibility index (Phi) is 5.19. The quantitative estimate of drug-likeness (QED) is 0.431. The summed E-state index contributed by atoms with van der Waals surface area (Å²) in [5, 5.41) is 6.65. The van der Waals surface area contributed by atoms with Crippen molar-refractivity contribution in [2.24, 2.45) is 5.92 Å².